The topological polar surface area (TPSA) is 147 Å². The van der Waals surface area contributed by atoms with Crippen molar-refractivity contribution in [1.82, 2.24) is 5.32 Å². The van der Waals surface area contributed by atoms with Crippen LogP contribution in [0.5, 0.6) is 11.5 Å². The molecule has 4 N–H and O–H groups in total. The Kier molecular flexibility index (Phi) is 11.3. The SMILES string of the molecule is COc1ccc(CCNCC(O)CO/N=C2\CCCc3sccc32)cc1OC.O=C(O)C(=O)O. The number of rotatable bonds is 10. The van der Waals surface area contributed by atoms with Crippen LogP contribution >= 0.6 is 11.3 Å². The lowest BCUT2D eigenvalue weighted by Gasteiger charge is -2.15. The number of methoxy groups -OCH3 is 2. The normalized spacial score (nSPS) is 14.4. The summed E-state index contributed by atoms with van der Waals surface area (Å²) in [7, 11) is 3.26. The molecule has 1 aliphatic carbocycles. The van der Waals surface area contributed by atoms with Crippen molar-refractivity contribution in [2.75, 3.05) is 33.9 Å². The van der Waals surface area contributed by atoms with E-state index in [1.807, 2.05) is 18.2 Å². The van der Waals surface area contributed by atoms with Crippen LogP contribution in [0.4, 0.5) is 0 Å². The monoisotopic (exact) mass is 494 g/mol. The van der Waals surface area contributed by atoms with E-state index in [4.69, 9.17) is 34.1 Å². The molecule has 1 unspecified atom stereocenters. The molecular weight excluding hydrogens is 464 g/mol. The Bertz CT molecular complexity index is 964. The van der Waals surface area contributed by atoms with Crippen molar-refractivity contribution in [2.24, 2.45) is 5.16 Å². The molecular formula is C23H30N2O8S. The Labute approximate surface area is 201 Å². The molecule has 10 nitrogen and oxygen atoms in total. The Morgan fingerprint density at radius 2 is 1.85 bits per heavy atom. The molecule has 1 aliphatic rings. The van der Waals surface area contributed by atoms with Gasteiger partial charge in [-0.1, -0.05) is 11.2 Å². The quantitative estimate of drug-likeness (QED) is 0.222. The number of carbonyl (C=O) groups is 2. The van der Waals surface area contributed by atoms with E-state index in [-0.39, 0.29) is 6.61 Å². The first-order valence-corrected chi connectivity index (χ1v) is 11.5. The van der Waals surface area contributed by atoms with Crippen molar-refractivity contribution in [3.05, 3.63) is 45.6 Å². The fourth-order valence-electron chi connectivity index (χ4n) is 3.23. The summed E-state index contributed by atoms with van der Waals surface area (Å²) in [5.74, 6) is -2.20. The maximum absolute atomic E-state index is 10.1. The number of benzene rings is 1. The fraction of sp³-hybridized carbons (Fsp3) is 0.435. The maximum atomic E-state index is 10.1. The van der Waals surface area contributed by atoms with Crippen molar-refractivity contribution in [3.8, 4) is 11.5 Å². The van der Waals surface area contributed by atoms with Crippen LogP contribution in [0.2, 0.25) is 0 Å². The van der Waals surface area contributed by atoms with E-state index >= 15 is 0 Å². The molecule has 1 heterocycles. The zero-order chi connectivity index (χ0) is 24.9. The zero-order valence-corrected chi connectivity index (χ0v) is 20.0. The van der Waals surface area contributed by atoms with Crippen LogP contribution in [0.15, 0.2) is 34.8 Å². The van der Waals surface area contributed by atoms with Crippen LogP contribution < -0.4 is 14.8 Å². The number of aliphatic carboxylic acids is 2. The van der Waals surface area contributed by atoms with Gasteiger partial charge in [0.2, 0.25) is 0 Å². The smallest absolute Gasteiger partial charge is 0.414 e. The van der Waals surface area contributed by atoms with E-state index < -0.39 is 18.0 Å². The molecule has 0 radical (unpaired) electrons. The molecule has 2 aromatic rings. The largest absolute Gasteiger partial charge is 0.493 e. The van der Waals surface area contributed by atoms with Crippen LogP contribution in [0.3, 0.4) is 0 Å². The number of aryl methyl sites for hydroxylation is 1. The van der Waals surface area contributed by atoms with Gasteiger partial charge in [-0.25, -0.2) is 9.59 Å². The highest BCUT2D eigenvalue weighted by atomic mass is 32.1. The minimum Gasteiger partial charge on any atom is -0.493 e. The minimum atomic E-state index is -1.82. The van der Waals surface area contributed by atoms with Gasteiger partial charge in [-0.05, 0) is 61.4 Å². The number of hydrogen-bond donors (Lipinski definition) is 4. The third-order valence-electron chi connectivity index (χ3n) is 4.92. The summed E-state index contributed by atoms with van der Waals surface area (Å²) in [5, 5.41) is 34.5. The highest BCUT2D eigenvalue weighted by molar-refractivity contribution is 7.10. The van der Waals surface area contributed by atoms with Crippen molar-refractivity contribution < 1.29 is 39.2 Å². The van der Waals surface area contributed by atoms with E-state index in [0.29, 0.717) is 6.54 Å². The van der Waals surface area contributed by atoms with Crippen LogP contribution in [-0.2, 0) is 27.3 Å². The highest BCUT2D eigenvalue weighted by Crippen LogP contribution is 2.28. The predicted molar refractivity (Wildman–Crippen MR) is 127 cm³/mol. The number of ether oxygens (including phenoxy) is 2. The van der Waals surface area contributed by atoms with Gasteiger partial charge in [0, 0.05) is 17.0 Å². The van der Waals surface area contributed by atoms with Gasteiger partial charge in [-0.2, -0.15) is 0 Å². The molecule has 3 rings (SSSR count). The first-order chi connectivity index (χ1) is 16.3. The van der Waals surface area contributed by atoms with E-state index in [1.54, 1.807) is 25.6 Å². The molecule has 0 bridgehead atoms. The zero-order valence-electron chi connectivity index (χ0n) is 19.2. The molecule has 186 valence electrons. The van der Waals surface area contributed by atoms with Gasteiger partial charge >= 0.3 is 11.9 Å². The van der Waals surface area contributed by atoms with Crippen LogP contribution in [-0.4, -0.2) is 73.0 Å². The molecule has 1 atom stereocenters. The Hall–Kier alpha value is -3.15. The molecule has 34 heavy (non-hydrogen) atoms. The Morgan fingerprint density at radius 1 is 1.12 bits per heavy atom. The number of hydrogen-bond acceptors (Lipinski definition) is 9. The molecule has 0 spiro atoms. The number of oxime groups is 1. The van der Waals surface area contributed by atoms with Crippen molar-refractivity contribution in [1.29, 1.82) is 0 Å². The highest BCUT2D eigenvalue weighted by Gasteiger charge is 2.17. The number of fused-ring (bicyclic) bond motifs is 1. The van der Waals surface area contributed by atoms with Gasteiger partial charge in [0.05, 0.1) is 19.9 Å². The van der Waals surface area contributed by atoms with E-state index in [9.17, 15) is 5.11 Å². The number of nitrogens with zero attached hydrogens (tertiary/aromatic N) is 1. The number of carboxylic acids is 2. The lowest BCUT2D eigenvalue weighted by Crippen LogP contribution is -2.31. The Balaban J connectivity index is 0.000000604. The first-order valence-electron chi connectivity index (χ1n) is 10.7. The molecule has 0 saturated heterocycles. The van der Waals surface area contributed by atoms with E-state index in [1.165, 1.54) is 10.4 Å². The molecule has 0 amide bonds. The maximum Gasteiger partial charge on any atom is 0.414 e. The lowest BCUT2D eigenvalue weighted by molar-refractivity contribution is -0.159. The standard InChI is InChI=1S/C21H28N2O4S.C2H2O4/c1-25-19-7-6-15(12-20(19)26-2)8-10-22-13-16(24)14-27-23-18-4-3-5-21-17(18)9-11-28-21;3-1(4)2(5)6/h6-7,9,11-12,16,22,24H,3-5,8,10,13-14H2,1-2H3;(H,3,4)(H,5,6)/b23-18+;. The fourth-order valence-corrected chi connectivity index (χ4v) is 4.18. The summed E-state index contributed by atoms with van der Waals surface area (Å²) in [5.41, 5.74) is 3.35. The number of thiophene rings is 1. The van der Waals surface area contributed by atoms with Crippen molar-refractivity contribution in [3.63, 3.8) is 0 Å². The second-order valence-electron chi connectivity index (χ2n) is 7.35. The van der Waals surface area contributed by atoms with Gasteiger partial charge in [-0.3, -0.25) is 0 Å². The number of nitrogens with one attached hydrogen (secondary N) is 1. The Morgan fingerprint density at radius 3 is 2.53 bits per heavy atom. The number of carboxylic acid groups (broad SMARTS) is 2. The lowest BCUT2D eigenvalue weighted by atomic mass is 9.97. The van der Waals surface area contributed by atoms with Gasteiger partial charge in [0.15, 0.2) is 11.5 Å². The van der Waals surface area contributed by atoms with Gasteiger partial charge in [0.25, 0.3) is 0 Å². The predicted octanol–water partition coefficient (Wildman–Crippen LogP) is 2.17. The molecule has 0 saturated carbocycles. The number of aliphatic hydroxyl groups is 1. The molecule has 11 heteroatoms. The summed E-state index contributed by atoms with van der Waals surface area (Å²) in [6.07, 6.45) is 3.40. The van der Waals surface area contributed by atoms with Gasteiger partial charge < -0.3 is 34.9 Å². The van der Waals surface area contributed by atoms with Crippen molar-refractivity contribution in [2.45, 2.75) is 31.8 Å². The van der Waals surface area contributed by atoms with Crippen LogP contribution in [0.1, 0.15) is 28.8 Å². The summed E-state index contributed by atoms with van der Waals surface area (Å²) < 4.78 is 10.6. The summed E-state index contributed by atoms with van der Waals surface area (Å²) in [6, 6.07) is 7.99. The average Bonchev–Trinajstić information content (AvgIpc) is 3.32. The van der Waals surface area contributed by atoms with Crippen molar-refractivity contribution >= 4 is 29.0 Å². The molecule has 1 aromatic heterocycles. The van der Waals surface area contributed by atoms with Crippen LogP contribution in [0, 0.1) is 0 Å². The van der Waals surface area contributed by atoms with Gasteiger partial charge in [-0.15, -0.1) is 11.3 Å². The third-order valence-corrected chi connectivity index (χ3v) is 5.90. The van der Waals surface area contributed by atoms with E-state index in [0.717, 1.165) is 55.0 Å². The summed E-state index contributed by atoms with van der Waals surface area (Å²) in [6.45, 7) is 1.40. The van der Waals surface area contributed by atoms with E-state index in [2.05, 4.69) is 21.9 Å². The van der Waals surface area contributed by atoms with Crippen LogP contribution in [0.25, 0.3) is 0 Å². The molecule has 0 fully saturated rings. The summed E-state index contributed by atoms with van der Waals surface area (Å²) in [4.78, 5) is 25.0. The minimum absolute atomic E-state index is 0.187. The third kappa shape index (κ3) is 8.65. The second-order valence-corrected chi connectivity index (χ2v) is 8.35. The van der Waals surface area contributed by atoms with Gasteiger partial charge in [0.1, 0.15) is 12.7 Å². The molecule has 0 aliphatic heterocycles. The molecule has 1 aromatic carbocycles. The summed E-state index contributed by atoms with van der Waals surface area (Å²) >= 11 is 1.77. The average molecular weight is 495 g/mol. The number of aliphatic hydroxyl groups excluding tert-OH is 1. The second kappa shape index (κ2) is 14.2. The first kappa shape index (κ1) is 27.1.